The molecule has 2 heterocycles. The highest BCUT2D eigenvalue weighted by molar-refractivity contribution is 5.99. The van der Waals surface area contributed by atoms with Crippen molar-refractivity contribution in [1.29, 1.82) is 0 Å². The standard InChI is InChI=1S/C33H36N8O4/c1-21-20-41(16-15-40(21)2)32(44)24-11-14-27(28(17-24)45-3)38-30-26(29(34)42)19-36-33(39-30)37-25-12-9-23(10-13-25)31(43)35-18-22-7-5-4-6-8-22/h4-14,17,19,21H,15-16,18,20H2,1-3H3,(H2,34,42)(H,35,43)(H2,36,37,38,39). The van der Waals surface area contributed by atoms with Crippen molar-refractivity contribution < 1.29 is 19.1 Å². The van der Waals surface area contributed by atoms with Gasteiger partial charge >= 0.3 is 0 Å². The molecule has 3 amide bonds. The van der Waals surface area contributed by atoms with E-state index in [4.69, 9.17) is 10.5 Å². The van der Waals surface area contributed by atoms with E-state index in [2.05, 4.69) is 44.8 Å². The molecule has 5 N–H and O–H groups in total. The number of rotatable bonds is 10. The lowest BCUT2D eigenvalue weighted by molar-refractivity contribution is 0.0572. The number of benzene rings is 3. The minimum absolute atomic E-state index is 0.0691. The predicted molar refractivity (Wildman–Crippen MR) is 172 cm³/mol. The van der Waals surface area contributed by atoms with Gasteiger partial charge in [-0.05, 0) is 62.0 Å². The van der Waals surface area contributed by atoms with E-state index in [-0.39, 0.29) is 35.2 Å². The van der Waals surface area contributed by atoms with Gasteiger partial charge in [-0.25, -0.2) is 4.98 Å². The maximum atomic E-state index is 13.2. The second-order valence-electron chi connectivity index (χ2n) is 10.8. The van der Waals surface area contributed by atoms with Gasteiger partial charge in [-0.15, -0.1) is 0 Å². The number of nitrogens with one attached hydrogen (secondary N) is 3. The molecular formula is C33H36N8O4. The highest BCUT2D eigenvalue weighted by atomic mass is 16.5. The third-order valence-corrected chi connectivity index (χ3v) is 7.70. The van der Waals surface area contributed by atoms with Crippen molar-refractivity contribution in [3.63, 3.8) is 0 Å². The molecule has 3 aromatic carbocycles. The SMILES string of the molecule is COc1cc(C(=O)N2CCN(C)C(C)C2)ccc1Nc1nc(Nc2ccc(C(=O)NCc3ccccc3)cc2)ncc1C(N)=O. The van der Waals surface area contributed by atoms with Crippen molar-refractivity contribution >= 4 is 40.9 Å². The molecule has 1 aliphatic rings. The molecule has 0 radical (unpaired) electrons. The Balaban J connectivity index is 1.29. The summed E-state index contributed by atoms with van der Waals surface area (Å²) in [6.07, 6.45) is 1.32. The number of carbonyl (C=O) groups is 3. The lowest BCUT2D eigenvalue weighted by Crippen LogP contribution is -2.52. The minimum Gasteiger partial charge on any atom is -0.495 e. The second kappa shape index (κ2) is 13.9. The summed E-state index contributed by atoms with van der Waals surface area (Å²) in [7, 11) is 3.55. The summed E-state index contributed by atoms with van der Waals surface area (Å²) in [6.45, 7) is 4.61. The van der Waals surface area contributed by atoms with Crippen molar-refractivity contribution in [3.05, 3.63) is 101 Å². The maximum Gasteiger partial charge on any atom is 0.254 e. The molecule has 45 heavy (non-hydrogen) atoms. The van der Waals surface area contributed by atoms with Crippen LogP contribution in [0.4, 0.5) is 23.1 Å². The van der Waals surface area contributed by atoms with Crippen LogP contribution in [-0.4, -0.2) is 77.3 Å². The van der Waals surface area contributed by atoms with Gasteiger partial charge in [-0.1, -0.05) is 30.3 Å². The van der Waals surface area contributed by atoms with Gasteiger partial charge in [0.15, 0.2) is 0 Å². The molecule has 232 valence electrons. The van der Waals surface area contributed by atoms with Crippen LogP contribution in [0.5, 0.6) is 5.75 Å². The average molecular weight is 609 g/mol. The molecular weight excluding hydrogens is 572 g/mol. The van der Waals surface area contributed by atoms with E-state index in [1.807, 2.05) is 35.2 Å². The summed E-state index contributed by atoms with van der Waals surface area (Å²) < 4.78 is 5.58. The number of hydrogen-bond acceptors (Lipinski definition) is 9. The zero-order valence-electron chi connectivity index (χ0n) is 25.4. The molecule has 1 fully saturated rings. The molecule has 1 aliphatic heterocycles. The van der Waals surface area contributed by atoms with Gasteiger partial charge in [0.1, 0.15) is 17.1 Å². The third-order valence-electron chi connectivity index (χ3n) is 7.70. The molecule has 1 saturated heterocycles. The molecule has 12 heteroatoms. The van der Waals surface area contributed by atoms with E-state index in [1.165, 1.54) is 13.3 Å². The lowest BCUT2D eigenvalue weighted by atomic mass is 10.1. The average Bonchev–Trinajstić information content (AvgIpc) is 3.05. The molecule has 1 atom stereocenters. The summed E-state index contributed by atoms with van der Waals surface area (Å²) in [5.41, 5.74) is 8.80. The summed E-state index contributed by atoms with van der Waals surface area (Å²) in [5, 5.41) is 9.09. The number of piperazine rings is 1. The highest BCUT2D eigenvalue weighted by Gasteiger charge is 2.26. The topological polar surface area (TPSA) is 155 Å². The fraction of sp³-hybridized carbons (Fsp3) is 0.242. The van der Waals surface area contributed by atoms with Crippen LogP contribution in [0, 0.1) is 0 Å². The van der Waals surface area contributed by atoms with Gasteiger partial charge in [0.2, 0.25) is 5.95 Å². The largest absolute Gasteiger partial charge is 0.495 e. The van der Waals surface area contributed by atoms with Crippen molar-refractivity contribution in [2.24, 2.45) is 5.73 Å². The number of likely N-dealkylation sites (N-methyl/N-ethyl adjacent to an activating group) is 1. The Morgan fingerprint density at radius 1 is 0.978 bits per heavy atom. The molecule has 0 bridgehead atoms. The number of carbonyl (C=O) groups excluding carboxylic acids is 3. The molecule has 0 aliphatic carbocycles. The Kier molecular flexibility index (Phi) is 9.54. The van der Waals surface area contributed by atoms with Crippen LogP contribution in [0.2, 0.25) is 0 Å². The van der Waals surface area contributed by atoms with Gasteiger partial charge in [0.05, 0.1) is 12.8 Å². The Morgan fingerprint density at radius 3 is 2.40 bits per heavy atom. The van der Waals surface area contributed by atoms with Gasteiger partial charge in [0.25, 0.3) is 17.7 Å². The number of methoxy groups -OCH3 is 1. The highest BCUT2D eigenvalue weighted by Crippen LogP contribution is 2.31. The monoisotopic (exact) mass is 608 g/mol. The Hall–Kier alpha value is -5.49. The summed E-state index contributed by atoms with van der Waals surface area (Å²) in [5.74, 6) is -0.247. The van der Waals surface area contributed by atoms with Gasteiger partial charge < -0.3 is 36.2 Å². The van der Waals surface area contributed by atoms with Crippen molar-refractivity contribution in [3.8, 4) is 5.75 Å². The van der Waals surface area contributed by atoms with Crippen molar-refractivity contribution in [1.82, 2.24) is 25.1 Å². The zero-order valence-corrected chi connectivity index (χ0v) is 25.4. The molecule has 1 aromatic heterocycles. The molecule has 5 rings (SSSR count). The van der Waals surface area contributed by atoms with Crippen LogP contribution < -0.4 is 26.4 Å². The summed E-state index contributed by atoms with van der Waals surface area (Å²) >= 11 is 0. The fourth-order valence-corrected chi connectivity index (χ4v) is 4.90. The van der Waals surface area contributed by atoms with Crippen molar-refractivity contribution in [2.75, 3.05) is 44.4 Å². The first-order valence-electron chi connectivity index (χ1n) is 14.5. The third kappa shape index (κ3) is 7.54. The van der Waals surface area contributed by atoms with Crippen LogP contribution in [0.25, 0.3) is 0 Å². The van der Waals surface area contributed by atoms with Crippen LogP contribution in [0.1, 0.15) is 43.6 Å². The molecule has 1 unspecified atom stereocenters. The van der Waals surface area contributed by atoms with Gasteiger partial charge in [-0.3, -0.25) is 14.4 Å². The van der Waals surface area contributed by atoms with Gasteiger partial charge in [-0.2, -0.15) is 4.98 Å². The first-order valence-corrected chi connectivity index (χ1v) is 14.5. The normalized spacial score (nSPS) is 14.8. The summed E-state index contributed by atoms with van der Waals surface area (Å²) in [4.78, 5) is 50.8. The van der Waals surface area contributed by atoms with E-state index >= 15 is 0 Å². The Bertz CT molecular complexity index is 1680. The van der Waals surface area contributed by atoms with Crippen LogP contribution in [-0.2, 0) is 6.54 Å². The van der Waals surface area contributed by atoms with Crippen molar-refractivity contribution in [2.45, 2.75) is 19.5 Å². The number of aromatic nitrogens is 2. The number of hydrogen-bond donors (Lipinski definition) is 4. The Morgan fingerprint density at radius 2 is 1.71 bits per heavy atom. The molecule has 0 saturated carbocycles. The smallest absolute Gasteiger partial charge is 0.254 e. The number of nitrogens with two attached hydrogens (primary N) is 1. The first-order chi connectivity index (χ1) is 21.7. The number of ether oxygens (including phenoxy) is 1. The van der Waals surface area contributed by atoms with Crippen LogP contribution >= 0.6 is 0 Å². The summed E-state index contributed by atoms with van der Waals surface area (Å²) in [6, 6.07) is 21.8. The maximum absolute atomic E-state index is 13.2. The minimum atomic E-state index is -0.718. The number of anilines is 4. The predicted octanol–water partition coefficient (Wildman–Crippen LogP) is 3.78. The van der Waals surface area contributed by atoms with Crippen LogP contribution in [0.15, 0.2) is 79.0 Å². The first kappa shape index (κ1) is 31.0. The van der Waals surface area contributed by atoms with E-state index in [0.717, 1.165) is 12.1 Å². The number of nitrogens with zero attached hydrogens (tertiary/aromatic N) is 4. The molecule has 0 spiro atoms. The van der Waals surface area contributed by atoms with E-state index < -0.39 is 5.91 Å². The van der Waals surface area contributed by atoms with E-state index in [1.54, 1.807) is 42.5 Å². The van der Waals surface area contributed by atoms with Crippen LogP contribution in [0.3, 0.4) is 0 Å². The molecule has 12 nitrogen and oxygen atoms in total. The Labute approximate surface area is 261 Å². The zero-order chi connectivity index (χ0) is 31.9. The number of primary amides is 1. The quantitative estimate of drug-likeness (QED) is 0.211. The molecule has 4 aromatic rings. The van der Waals surface area contributed by atoms with Gasteiger partial charge in [0, 0.05) is 55.2 Å². The lowest BCUT2D eigenvalue weighted by Gasteiger charge is -2.37. The number of amides is 3. The van der Waals surface area contributed by atoms with E-state index in [0.29, 0.717) is 47.9 Å². The fourth-order valence-electron chi connectivity index (χ4n) is 4.90. The van der Waals surface area contributed by atoms with E-state index in [9.17, 15) is 14.4 Å². The second-order valence-corrected chi connectivity index (χ2v) is 10.8.